The van der Waals surface area contributed by atoms with Crippen LogP contribution in [0.15, 0.2) is 85.5 Å². The topological polar surface area (TPSA) is 107 Å². The number of nitrogens with zero attached hydrogens (tertiary/aromatic N) is 1. The molecule has 0 saturated carbocycles. The summed E-state index contributed by atoms with van der Waals surface area (Å²) in [5, 5.41) is 12.4. The van der Waals surface area contributed by atoms with Crippen molar-refractivity contribution in [2.75, 3.05) is 19.7 Å². The molecule has 256 valence electrons. The molecule has 2 fully saturated rings. The largest absolute Gasteiger partial charge is 0.459 e. The van der Waals surface area contributed by atoms with Crippen molar-refractivity contribution in [1.29, 1.82) is 0 Å². The quantitative estimate of drug-likeness (QED) is 0.170. The van der Waals surface area contributed by atoms with Gasteiger partial charge in [-0.1, -0.05) is 80.2 Å². The van der Waals surface area contributed by atoms with E-state index in [0.717, 1.165) is 52.8 Å². The summed E-state index contributed by atoms with van der Waals surface area (Å²) in [6.45, 7) is 13.2. The molecule has 2 aliphatic heterocycles. The smallest absolute Gasteiger partial charge is 0.407 e. The first kappa shape index (κ1) is 35.3. The van der Waals surface area contributed by atoms with Gasteiger partial charge in [-0.15, -0.1) is 0 Å². The maximum atomic E-state index is 13.2. The number of alkyl carbamates (subject to hydrolysis) is 1. The lowest BCUT2D eigenvalue weighted by molar-refractivity contribution is -0.276. The van der Waals surface area contributed by atoms with Crippen LogP contribution in [0, 0.1) is 5.92 Å². The molecule has 0 unspecified atom stereocenters. The first-order valence-electron chi connectivity index (χ1n) is 16.7. The number of carbonyl (C=O) groups excluding carboxylic acids is 2. The summed E-state index contributed by atoms with van der Waals surface area (Å²) in [5.74, 6) is -0.210. The number of likely N-dealkylation sites (tertiary alicyclic amines) is 1. The van der Waals surface area contributed by atoms with E-state index in [2.05, 4.69) is 29.8 Å². The van der Waals surface area contributed by atoms with Gasteiger partial charge < -0.3 is 29.4 Å². The van der Waals surface area contributed by atoms with E-state index in [4.69, 9.17) is 18.9 Å². The molecule has 0 bridgehead atoms. The fraction of sp³-hybridized carbons (Fsp3) is 0.436. The van der Waals surface area contributed by atoms with E-state index in [1.807, 2.05) is 87.5 Å². The maximum absolute atomic E-state index is 13.2. The maximum Gasteiger partial charge on any atom is 0.407 e. The Morgan fingerprint density at radius 1 is 1.00 bits per heavy atom. The van der Waals surface area contributed by atoms with E-state index < -0.39 is 18.0 Å². The lowest BCUT2D eigenvalue weighted by Gasteiger charge is -2.43. The Bertz CT molecular complexity index is 1550. The van der Waals surface area contributed by atoms with Crippen molar-refractivity contribution in [3.8, 4) is 11.1 Å². The summed E-state index contributed by atoms with van der Waals surface area (Å²) >= 11 is 0. The van der Waals surface area contributed by atoms with Crippen molar-refractivity contribution in [3.05, 3.63) is 108 Å². The molecule has 1 amide bonds. The number of rotatable bonds is 11. The monoisotopic (exact) mass is 656 g/mol. The summed E-state index contributed by atoms with van der Waals surface area (Å²) in [6, 6.07) is 23.7. The van der Waals surface area contributed by atoms with Crippen LogP contribution < -0.4 is 5.32 Å². The number of aliphatic hydroxyl groups is 1. The summed E-state index contributed by atoms with van der Waals surface area (Å²) in [7, 11) is 0. The molecule has 48 heavy (non-hydrogen) atoms. The molecule has 9 heteroatoms. The first-order valence-corrected chi connectivity index (χ1v) is 16.7. The third kappa shape index (κ3) is 9.11. The Balaban J connectivity index is 1.38. The van der Waals surface area contributed by atoms with Crippen molar-refractivity contribution in [2.24, 2.45) is 5.92 Å². The second kappa shape index (κ2) is 15.9. The molecule has 0 aromatic heterocycles. The second-order valence-electron chi connectivity index (χ2n) is 13.6. The molecule has 9 nitrogen and oxygen atoms in total. The van der Waals surface area contributed by atoms with Crippen LogP contribution in [-0.4, -0.2) is 59.5 Å². The molecule has 0 aliphatic carbocycles. The molecule has 0 spiro atoms. The highest BCUT2D eigenvalue weighted by Gasteiger charge is 2.42. The lowest BCUT2D eigenvalue weighted by Crippen LogP contribution is -2.48. The van der Waals surface area contributed by atoms with Gasteiger partial charge in [-0.25, -0.2) is 4.79 Å². The highest BCUT2D eigenvalue weighted by atomic mass is 16.7. The number of hydrogen-bond acceptors (Lipinski definition) is 8. The number of amides is 1. The van der Waals surface area contributed by atoms with Gasteiger partial charge in [0.1, 0.15) is 18.2 Å². The number of carbonyl (C=O) groups is 2. The molecule has 3 aromatic rings. The van der Waals surface area contributed by atoms with Gasteiger partial charge in [0.05, 0.1) is 18.8 Å². The number of ether oxygens (including phenoxy) is 4. The minimum absolute atomic E-state index is 0.0216. The Kier molecular flexibility index (Phi) is 11.7. The van der Waals surface area contributed by atoms with E-state index in [1.54, 1.807) is 0 Å². The van der Waals surface area contributed by atoms with Crippen molar-refractivity contribution in [2.45, 2.75) is 83.8 Å². The number of aliphatic hydroxyl groups excluding tert-OH is 1. The van der Waals surface area contributed by atoms with Crippen molar-refractivity contribution in [3.63, 3.8) is 0 Å². The Labute approximate surface area is 283 Å². The predicted molar refractivity (Wildman–Crippen MR) is 184 cm³/mol. The summed E-state index contributed by atoms with van der Waals surface area (Å²) < 4.78 is 24.3. The SMILES string of the molecule is C=CCOC(=O)NCc1cccc(-c2cccc([C@@H]3O[C@H](CN4CCC[C@H]4C(=O)OC(C)(C)C)[C@H](C)[C@H](c4ccc(CO)cc4)O3)c2)c1. The zero-order valence-electron chi connectivity index (χ0n) is 28.4. The molecule has 2 N–H and O–H groups in total. The van der Waals surface area contributed by atoms with Crippen LogP contribution in [0.3, 0.4) is 0 Å². The Morgan fingerprint density at radius 2 is 1.73 bits per heavy atom. The highest BCUT2D eigenvalue weighted by molar-refractivity contribution is 5.76. The molecule has 0 radical (unpaired) electrons. The van der Waals surface area contributed by atoms with Gasteiger partial charge in [0.25, 0.3) is 0 Å². The van der Waals surface area contributed by atoms with E-state index in [-0.39, 0.29) is 43.4 Å². The molecule has 5 atom stereocenters. The van der Waals surface area contributed by atoms with E-state index in [1.165, 1.54) is 6.08 Å². The van der Waals surface area contributed by atoms with Crippen LogP contribution in [0.5, 0.6) is 0 Å². The van der Waals surface area contributed by atoms with E-state index >= 15 is 0 Å². The zero-order valence-corrected chi connectivity index (χ0v) is 28.4. The van der Waals surface area contributed by atoms with Crippen LogP contribution in [0.25, 0.3) is 11.1 Å². The van der Waals surface area contributed by atoms with Gasteiger partial charge in [-0.3, -0.25) is 9.69 Å². The van der Waals surface area contributed by atoms with Crippen molar-refractivity contribution < 1.29 is 33.6 Å². The summed E-state index contributed by atoms with van der Waals surface area (Å²) in [6.07, 6.45) is 1.55. The molecule has 2 saturated heterocycles. The summed E-state index contributed by atoms with van der Waals surface area (Å²) in [5.41, 5.74) is 5.08. The number of esters is 1. The van der Waals surface area contributed by atoms with Crippen LogP contribution in [-0.2, 0) is 36.9 Å². The van der Waals surface area contributed by atoms with Gasteiger partial charge in [0.2, 0.25) is 0 Å². The number of benzene rings is 3. The van der Waals surface area contributed by atoms with Crippen LogP contribution in [0.4, 0.5) is 4.79 Å². The normalized spacial score (nSPS) is 23.0. The fourth-order valence-electron chi connectivity index (χ4n) is 6.33. The summed E-state index contributed by atoms with van der Waals surface area (Å²) in [4.78, 5) is 27.3. The second-order valence-corrected chi connectivity index (χ2v) is 13.6. The van der Waals surface area contributed by atoms with Crippen molar-refractivity contribution >= 4 is 12.1 Å². The van der Waals surface area contributed by atoms with Gasteiger partial charge in [0, 0.05) is 24.6 Å². The predicted octanol–water partition coefficient (Wildman–Crippen LogP) is 6.86. The molecular formula is C39H48N2O7. The highest BCUT2D eigenvalue weighted by Crippen LogP contribution is 2.43. The van der Waals surface area contributed by atoms with Crippen molar-refractivity contribution in [1.82, 2.24) is 10.2 Å². The molecule has 5 rings (SSSR count). The van der Waals surface area contributed by atoms with Crippen LogP contribution in [0.2, 0.25) is 0 Å². The zero-order chi connectivity index (χ0) is 34.3. The van der Waals surface area contributed by atoms with E-state index in [0.29, 0.717) is 13.1 Å². The standard InChI is InChI=1S/C39H48N2O7/c1-6-20-45-38(44)40-23-28-10-7-11-30(21-28)31-12-8-13-32(22-31)37-46-34(24-41-19-9-14-33(41)36(43)48-39(3,4)5)26(2)35(47-37)29-17-15-27(25-42)16-18-29/h6-8,10-13,15-18,21-22,26,33-35,37,42H,1,9,14,19-20,23-25H2,2-5H3,(H,40,44)/t26-,33-,34+,35+,37+/m0/s1. The minimum atomic E-state index is -0.652. The van der Waals surface area contributed by atoms with Gasteiger partial charge in [0.15, 0.2) is 6.29 Å². The molecule has 2 aliphatic rings. The van der Waals surface area contributed by atoms with Gasteiger partial charge in [-0.05, 0) is 80.1 Å². The third-order valence-electron chi connectivity index (χ3n) is 8.77. The fourth-order valence-corrected chi connectivity index (χ4v) is 6.33. The number of hydrogen-bond donors (Lipinski definition) is 2. The average molecular weight is 657 g/mol. The lowest BCUT2D eigenvalue weighted by atomic mass is 9.89. The molecule has 2 heterocycles. The van der Waals surface area contributed by atoms with Crippen LogP contribution >= 0.6 is 0 Å². The van der Waals surface area contributed by atoms with Crippen LogP contribution in [0.1, 0.15) is 75.2 Å². The first-order chi connectivity index (χ1) is 23.0. The van der Waals surface area contributed by atoms with Gasteiger partial charge in [-0.2, -0.15) is 0 Å². The van der Waals surface area contributed by atoms with E-state index in [9.17, 15) is 14.7 Å². The molecular weight excluding hydrogens is 608 g/mol. The third-order valence-corrected chi connectivity index (χ3v) is 8.77. The Hall–Kier alpha value is -4.02. The minimum Gasteiger partial charge on any atom is -0.459 e. The Morgan fingerprint density at radius 3 is 2.44 bits per heavy atom. The number of nitrogens with one attached hydrogen (secondary N) is 1. The molecule has 3 aromatic carbocycles. The average Bonchev–Trinajstić information content (AvgIpc) is 3.55. The van der Waals surface area contributed by atoms with Gasteiger partial charge >= 0.3 is 12.1 Å².